The van der Waals surface area contributed by atoms with Gasteiger partial charge in [-0.25, -0.2) is 4.79 Å². The predicted octanol–water partition coefficient (Wildman–Crippen LogP) is -0.740. The molecule has 1 saturated heterocycles. The molecule has 0 aliphatic carbocycles. The number of anilines is 1. The summed E-state index contributed by atoms with van der Waals surface area (Å²) >= 11 is 0. The standard InChI is InChI=1S/C15H21N5O3/c1-17(2)13(21)10-5-7-20(8-6-10)12-11(9-16)14(22)19(4)15(23)18(12)3/h10H,5-8H2,1-4H3. The number of amides is 1. The van der Waals surface area contributed by atoms with Crippen LogP contribution >= 0.6 is 0 Å². The molecule has 1 aliphatic heterocycles. The van der Waals surface area contributed by atoms with Crippen molar-refractivity contribution in [2.24, 2.45) is 20.0 Å². The molecule has 0 atom stereocenters. The highest BCUT2D eigenvalue weighted by Gasteiger charge is 2.29. The van der Waals surface area contributed by atoms with Crippen LogP contribution in [0.2, 0.25) is 0 Å². The van der Waals surface area contributed by atoms with Gasteiger partial charge in [-0.3, -0.25) is 18.7 Å². The Morgan fingerprint density at radius 2 is 1.74 bits per heavy atom. The molecular formula is C15H21N5O3. The van der Waals surface area contributed by atoms with E-state index in [0.29, 0.717) is 31.7 Å². The lowest BCUT2D eigenvalue weighted by molar-refractivity contribution is -0.133. The van der Waals surface area contributed by atoms with E-state index in [9.17, 15) is 19.6 Å². The zero-order chi connectivity index (χ0) is 17.3. The summed E-state index contributed by atoms with van der Waals surface area (Å²) in [5.41, 5.74) is -1.08. The number of hydrogen-bond donors (Lipinski definition) is 0. The van der Waals surface area contributed by atoms with Crippen molar-refractivity contribution < 1.29 is 4.79 Å². The topological polar surface area (TPSA) is 91.3 Å². The van der Waals surface area contributed by atoms with E-state index in [1.54, 1.807) is 26.0 Å². The van der Waals surface area contributed by atoms with Crippen molar-refractivity contribution >= 4 is 11.7 Å². The number of piperidine rings is 1. The van der Waals surface area contributed by atoms with Gasteiger partial charge in [-0.15, -0.1) is 0 Å². The molecule has 0 unspecified atom stereocenters. The summed E-state index contributed by atoms with van der Waals surface area (Å²) in [4.78, 5) is 39.7. The average molecular weight is 319 g/mol. The molecule has 0 radical (unpaired) electrons. The third kappa shape index (κ3) is 2.86. The van der Waals surface area contributed by atoms with Crippen molar-refractivity contribution in [3.63, 3.8) is 0 Å². The van der Waals surface area contributed by atoms with Gasteiger partial charge in [0.2, 0.25) is 5.91 Å². The second kappa shape index (κ2) is 6.28. The molecule has 0 spiro atoms. The smallest absolute Gasteiger partial charge is 0.332 e. The molecule has 1 amide bonds. The number of carbonyl (C=O) groups excluding carboxylic acids is 1. The van der Waals surface area contributed by atoms with E-state index in [1.165, 1.54) is 11.6 Å². The summed E-state index contributed by atoms with van der Waals surface area (Å²) in [6.07, 6.45) is 1.26. The van der Waals surface area contributed by atoms with Gasteiger partial charge in [0.05, 0.1) is 0 Å². The Morgan fingerprint density at radius 3 is 2.22 bits per heavy atom. The molecule has 23 heavy (non-hydrogen) atoms. The largest absolute Gasteiger partial charge is 0.357 e. The molecule has 0 saturated carbocycles. The Kier molecular flexibility index (Phi) is 4.59. The van der Waals surface area contributed by atoms with Gasteiger partial charge in [-0.2, -0.15) is 5.26 Å². The maximum absolute atomic E-state index is 12.1. The normalized spacial score (nSPS) is 15.3. The van der Waals surface area contributed by atoms with Crippen LogP contribution in [0.4, 0.5) is 5.82 Å². The Bertz CT molecular complexity index is 776. The fraction of sp³-hybridized carbons (Fsp3) is 0.600. The van der Waals surface area contributed by atoms with Gasteiger partial charge in [0.15, 0.2) is 5.56 Å². The van der Waals surface area contributed by atoms with Gasteiger partial charge in [0.25, 0.3) is 5.56 Å². The lowest BCUT2D eigenvalue weighted by Crippen LogP contribution is -2.46. The van der Waals surface area contributed by atoms with E-state index in [1.807, 2.05) is 11.0 Å². The van der Waals surface area contributed by atoms with Crippen LogP contribution in [0.15, 0.2) is 9.59 Å². The molecule has 0 aromatic carbocycles. The van der Waals surface area contributed by atoms with Crippen LogP contribution in [0, 0.1) is 17.2 Å². The van der Waals surface area contributed by atoms with E-state index in [2.05, 4.69) is 0 Å². The lowest BCUT2D eigenvalue weighted by Gasteiger charge is -2.34. The fourth-order valence-electron chi connectivity index (χ4n) is 3.00. The summed E-state index contributed by atoms with van der Waals surface area (Å²) in [7, 11) is 6.37. The maximum atomic E-state index is 12.1. The van der Waals surface area contributed by atoms with E-state index < -0.39 is 11.2 Å². The quantitative estimate of drug-likeness (QED) is 0.716. The van der Waals surface area contributed by atoms with E-state index in [0.717, 1.165) is 4.57 Å². The lowest BCUT2D eigenvalue weighted by atomic mass is 9.95. The zero-order valence-electron chi connectivity index (χ0n) is 13.9. The summed E-state index contributed by atoms with van der Waals surface area (Å²) in [5.74, 6) is 0.370. The second-order valence-electron chi connectivity index (χ2n) is 6.01. The second-order valence-corrected chi connectivity index (χ2v) is 6.01. The molecule has 8 heteroatoms. The zero-order valence-corrected chi connectivity index (χ0v) is 13.9. The number of nitriles is 1. The van der Waals surface area contributed by atoms with Crippen molar-refractivity contribution in [3.8, 4) is 6.07 Å². The van der Waals surface area contributed by atoms with Gasteiger partial charge < -0.3 is 9.80 Å². The first-order chi connectivity index (χ1) is 10.8. The number of nitrogens with zero attached hydrogens (tertiary/aromatic N) is 5. The van der Waals surface area contributed by atoms with Crippen LogP contribution in [-0.4, -0.2) is 47.1 Å². The number of hydrogen-bond acceptors (Lipinski definition) is 5. The molecule has 0 N–H and O–H groups in total. The van der Waals surface area contributed by atoms with Crippen LogP contribution < -0.4 is 16.1 Å². The van der Waals surface area contributed by atoms with Crippen molar-refractivity contribution in [1.29, 1.82) is 5.26 Å². The SMILES string of the molecule is CN(C)C(=O)C1CCN(c2c(C#N)c(=O)n(C)c(=O)n2C)CC1. The van der Waals surface area contributed by atoms with Crippen LogP contribution in [0.25, 0.3) is 0 Å². The predicted molar refractivity (Wildman–Crippen MR) is 85.3 cm³/mol. The van der Waals surface area contributed by atoms with Gasteiger partial charge in [0, 0.05) is 47.2 Å². The van der Waals surface area contributed by atoms with Crippen LogP contribution in [0.1, 0.15) is 18.4 Å². The Hall–Kier alpha value is -2.56. The summed E-state index contributed by atoms with van der Waals surface area (Å²) in [6.45, 7) is 1.05. The van der Waals surface area contributed by atoms with E-state index in [4.69, 9.17) is 0 Å². The van der Waals surface area contributed by atoms with Crippen molar-refractivity contribution in [2.45, 2.75) is 12.8 Å². The minimum absolute atomic E-state index is 0.0352. The van der Waals surface area contributed by atoms with Crippen LogP contribution in [0.3, 0.4) is 0 Å². The Morgan fingerprint density at radius 1 is 1.17 bits per heavy atom. The highest BCUT2D eigenvalue weighted by molar-refractivity contribution is 5.78. The van der Waals surface area contributed by atoms with Crippen molar-refractivity contribution in [3.05, 3.63) is 26.4 Å². The summed E-state index contributed by atoms with van der Waals surface area (Å²) in [5, 5.41) is 9.32. The van der Waals surface area contributed by atoms with Crippen LogP contribution in [-0.2, 0) is 18.9 Å². The molecule has 1 aromatic rings. The molecule has 2 rings (SSSR count). The van der Waals surface area contributed by atoms with Gasteiger partial charge >= 0.3 is 5.69 Å². The third-order valence-corrected chi connectivity index (χ3v) is 4.33. The number of rotatable bonds is 2. The first kappa shape index (κ1) is 16.8. The van der Waals surface area contributed by atoms with Crippen molar-refractivity contribution in [2.75, 3.05) is 32.1 Å². The van der Waals surface area contributed by atoms with Crippen LogP contribution in [0.5, 0.6) is 0 Å². The number of carbonyl (C=O) groups is 1. The molecule has 2 heterocycles. The Labute approximate surface area is 134 Å². The minimum Gasteiger partial charge on any atom is -0.357 e. The average Bonchev–Trinajstić information content (AvgIpc) is 2.55. The highest BCUT2D eigenvalue weighted by Crippen LogP contribution is 2.24. The first-order valence-electron chi connectivity index (χ1n) is 7.45. The molecular weight excluding hydrogens is 298 g/mol. The molecule has 8 nitrogen and oxygen atoms in total. The van der Waals surface area contributed by atoms with Gasteiger partial charge in [-0.05, 0) is 12.8 Å². The van der Waals surface area contributed by atoms with E-state index >= 15 is 0 Å². The minimum atomic E-state index is -0.586. The highest BCUT2D eigenvalue weighted by atomic mass is 16.2. The summed E-state index contributed by atoms with van der Waals surface area (Å²) < 4.78 is 2.26. The fourth-order valence-corrected chi connectivity index (χ4v) is 3.00. The molecule has 1 fully saturated rings. The Balaban J connectivity index is 2.36. The van der Waals surface area contributed by atoms with E-state index in [-0.39, 0.29) is 17.4 Å². The van der Waals surface area contributed by atoms with Gasteiger partial charge in [0.1, 0.15) is 11.9 Å². The summed E-state index contributed by atoms with van der Waals surface area (Å²) in [6, 6.07) is 1.91. The molecule has 0 bridgehead atoms. The maximum Gasteiger partial charge on any atom is 0.332 e. The van der Waals surface area contributed by atoms with Gasteiger partial charge in [-0.1, -0.05) is 0 Å². The monoisotopic (exact) mass is 319 g/mol. The van der Waals surface area contributed by atoms with Crippen molar-refractivity contribution in [1.82, 2.24) is 14.0 Å². The molecule has 1 aliphatic rings. The molecule has 124 valence electrons. The third-order valence-electron chi connectivity index (χ3n) is 4.33. The molecule has 1 aromatic heterocycles. The number of aromatic nitrogens is 2. The first-order valence-corrected chi connectivity index (χ1v) is 7.45.